The summed E-state index contributed by atoms with van der Waals surface area (Å²) in [5.74, 6) is -1.04. The van der Waals surface area contributed by atoms with Crippen LogP contribution in [0.5, 0.6) is 0 Å². The zero-order valence-electron chi connectivity index (χ0n) is 14.6. The van der Waals surface area contributed by atoms with Gasteiger partial charge in [0.2, 0.25) is 5.91 Å². The van der Waals surface area contributed by atoms with Gasteiger partial charge in [-0.1, -0.05) is 0 Å². The number of fused-ring (bicyclic) bond motifs is 1. The van der Waals surface area contributed by atoms with E-state index in [2.05, 4.69) is 10.6 Å². The molecule has 1 aliphatic carbocycles. The summed E-state index contributed by atoms with van der Waals surface area (Å²) >= 11 is 1.45. The largest absolute Gasteiger partial charge is 0.448 e. The number of rotatable bonds is 5. The van der Waals surface area contributed by atoms with E-state index in [9.17, 15) is 14.4 Å². The average Bonchev–Trinajstić information content (AvgIpc) is 3.17. The molecule has 0 fully saturated rings. The number of thiophene rings is 1. The number of hydrogen-bond donors (Lipinski definition) is 2. The molecule has 3 rings (SSSR count). The molecule has 1 aromatic heterocycles. The van der Waals surface area contributed by atoms with Gasteiger partial charge in [-0.15, -0.1) is 11.3 Å². The van der Waals surface area contributed by atoms with Crippen LogP contribution < -0.4 is 10.6 Å². The molecule has 0 radical (unpaired) electrons. The van der Waals surface area contributed by atoms with Gasteiger partial charge in [-0.2, -0.15) is 0 Å². The molecule has 1 aromatic carbocycles. The highest BCUT2D eigenvalue weighted by atomic mass is 32.1. The Balaban J connectivity index is 1.55. The Morgan fingerprint density at radius 3 is 2.35 bits per heavy atom. The number of amides is 2. The van der Waals surface area contributed by atoms with E-state index in [1.807, 2.05) is 6.07 Å². The van der Waals surface area contributed by atoms with Gasteiger partial charge >= 0.3 is 5.97 Å². The van der Waals surface area contributed by atoms with Crippen molar-refractivity contribution in [3.63, 3.8) is 0 Å². The lowest BCUT2D eigenvalue weighted by Crippen LogP contribution is -2.29. The van der Waals surface area contributed by atoms with Crippen molar-refractivity contribution in [1.82, 2.24) is 0 Å². The van der Waals surface area contributed by atoms with Gasteiger partial charge in [0.15, 0.2) is 6.10 Å². The highest BCUT2D eigenvalue weighted by Crippen LogP contribution is 2.31. The van der Waals surface area contributed by atoms with Crippen molar-refractivity contribution in [3.05, 3.63) is 45.6 Å². The van der Waals surface area contributed by atoms with E-state index in [1.54, 1.807) is 31.2 Å². The van der Waals surface area contributed by atoms with Crippen LogP contribution in [-0.2, 0) is 27.2 Å². The minimum absolute atomic E-state index is 0.165. The first kappa shape index (κ1) is 18.1. The molecule has 136 valence electrons. The molecule has 1 unspecified atom stereocenters. The highest BCUT2D eigenvalue weighted by Gasteiger charge is 2.23. The second kappa shape index (κ2) is 7.70. The van der Waals surface area contributed by atoms with Crippen LogP contribution in [0.1, 0.15) is 40.4 Å². The van der Waals surface area contributed by atoms with Gasteiger partial charge in [0.05, 0.1) is 0 Å². The first-order chi connectivity index (χ1) is 12.4. The fourth-order valence-electron chi connectivity index (χ4n) is 2.79. The number of anilines is 2. The molecule has 1 aliphatic rings. The standard InChI is InChI=1S/C19H20N2O4S/c1-11(25-19(24)17-10-13-4-3-5-16(13)26-17)18(23)21-15-8-6-14(7-9-15)20-12(2)22/h6-11H,3-5H2,1-2H3,(H,20,22)(H,21,23). The number of benzene rings is 1. The Kier molecular flexibility index (Phi) is 5.37. The molecule has 1 atom stereocenters. The molecule has 7 heteroatoms. The number of hydrogen-bond acceptors (Lipinski definition) is 5. The number of aryl methyl sites for hydroxylation is 2. The zero-order valence-corrected chi connectivity index (χ0v) is 15.4. The molecule has 2 N–H and O–H groups in total. The van der Waals surface area contributed by atoms with E-state index in [1.165, 1.54) is 28.7 Å². The first-order valence-corrected chi connectivity index (χ1v) is 9.25. The van der Waals surface area contributed by atoms with Gasteiger partial charge in [0.1, 0.15) is 4.88 Å². The third kappa shape index (κ3) is 4.29. The predicted octanol–water partition coefficient (Wildman–Crippen LogP) is 3.38. The summed E-state index contributed by atoms with van der Waals surface area (Å²) in [5, 5.41) is 5.34. The summed E-state index contributed by atoms with van der Waals surface area (Å²) in [6.07, 6.45) is 2.24. The van der Waals surface area contributed by atoms with Crippen LogP contribution in [0.25, 0.3) is 0 Å². The van der Waals surface area contributed by atoms with Crippen molar-refractivity contribution in [3.8, 4) is 0 Å². The number of ether oxygens (including phenoxy) is 1. The molecule has 26 heavy (non-hydrogen) atoms. The smallest absolute Gasteiger partial charge is 0.349 e. The van der Waals surface area contributed by atoms with Crippen molar-refractivity contribution < 1.29 is 19.1 Å². The Labute approximate surface area is 155 Å². The van der Waals surface area contributed by atoms with Gasteiger partial charge in [-0.05, 0) is 62.1 Å². The number of carbonyl (C=O) groups excluding carboxylic acids is 3. The maximum atomic E-state index is 12.2. The normalized spacial score (nSPS) is 13.6. The molecule has 2 aromatic rings. The summed E-state index contributed by atoms with van der Waals surface area (Å²) < 4.78 is 5.29. The number of esters is 1. The third-order valence-electron chi connectivity index (χ3n) is 4.07. The van der Waals surface area contributed by atoms with Crippen LogP contribution >= 0.6 is 11.3 Å². The second-order valence-electron chi connectivity index (χ2n) is 6.21. The van der Waals surface area contributed by atoms with Gasteiger partial charge in [0.25, 0.3) is 5.91 Å². The van der Waals surface area contributed by atoms with Crippen molar-refractivity contribution in [2.75, 3.05) is 10.6 Å². The molecule has 0 saturated carbocycles. The fourth-order valence-corrected chi connectivity index (χ4v) is 3.92. The van der Waals surface area contributed by atoms with Crippen LogP contribution in [0.3, 0.4) is 0 Å². The number of nitrogens with one attached hydrogen (secondary N) is 2. The van der Waals surface area contributed by atoms with E-state index in [0.29, 0.717) is 16.3 Å². The van der Waals surface area contributed by atoms with E-state index in [0.717, 1.165) is 19.3 Å². The molecule has 0 bridgehead atoms. The summed E-state index contributed by atoms with van der Waals surface area (Å²) in [6.45, 7) is 2.97. The second-order valence-corrected chi connectivity index (χ2v) is 7.34. The molecule has 0 aliphatic heterocycles. The predicted molar refractivity (Wildman–Crippen MR) is 101 cm³/mol. The molecule has 0 saturated heterocycles. The van der Waals surface area contributed by atoms with E-state index < -0.39 is 18.0 Å². The maximum Gasteiger partial charge on any atom is 0.349 e. The Morgan fingerprint density at radius 2 is 1.73 bits per heavy atom. The van der Waals surface area contributed by atoms with Crippen LogP contribution in [0.2, 0.25) is 0 Å². The highest BCUT2D eigenvalue weighted by molar-refractivity contribution is 7.14. The van der Waals surface area contributed by atoms with E-state index >= 15 is 0 Å². The van der Waals surface area contributed by atoms with Gasteiger partial charge in [0, 0.05) is 23.2 Å². The summed E-state index contributed by atoms with van der Waals surface area (Å²) in [5.41, 5.74) is 2.42. The van der Waals surface area contributed by atoms with E-state index in [-0.39, 0.29) is 5.91 Å². The Morgan fingerprint density at radius 1 is 1.08 bits per heavy atom. The minimum atomic E-state index is -0.908. The monoisotopic (exact) mass is 372 g/mol. The van der Waals surface area contributed by atoms with E-state index in [4.69, 9.17) is 4.74 Å². The fraction of sp³-hybridized carbons (Fsp3) is 0.316. The third-order valence-corrected chi connectivity index (χ3v) is 5.29. The molecular weight excluding hydrogens is 352 g/mol. The molecule has 2 amide bonds. The average molecular weight is 372 g/mol. The lowest BCUT2D eigenvalue weighted by Gasteiger charge is -2.13. The quantitative estimate of drug-likeness (QED) is 0.788. The van der Waals surface area contributed by atoms with Gasteiger partial charge < -0.3 is 15.4 Å². The van der Waals surface area contributed by atoms with Crippen LogP contribution in [-0.4, -0.2) is 23.9 Å². The Hall–Kier alpha value is -2.67. The molecule has 6 nitrogen and oxygen atoms in total. The summed E-state index contributed by atoms with van der Waals surface area (Å²) in [6, 6.07) is 8.57. The first-order valence-electron chi connectivity index (χ1n) is 8.43. The summed E-state index contributed by atoms with van der Waals surface area (Å²) in [4.78, 5) is 37.3. The lowest BCUT2D eigenvalue weighted by atomic mass is 10.2. The van der Waals surface area contributed by atoms with Crippen molar-refractivity contribution in [2.24, 2.45) is 0 Å². The van der Waals surface area contributed by atoms with Crippen molar-refractivity contribution in [1.29, 1.82) is 0 Å². The molecular formula is C19H20N2O4S. The maximum absolute atomic E-state index is 12.2. The van der Waals surface area contributed by atoms with Crippen LogP contribution in [0.4, 0.5) is 11.4 Å². The Bertz CT molecular complexity index is 820. The minimum Gasteiger partial charge on any atom is -0.448 e. The molecule has 0 spiro atoms. The summed E-state index contributed by atoms with van der Waals surface area (Å²) in [7, 11) is 0. The van der Waals surface area contributed by atoms with Crippen molar-refractivity contribution >= 4 is 40.5 Å². The number of carbonyl (C=O) groups is 3. The topological polar surface area (TPSA) is 84.5 Å². The van der Waals surface area contributed by atoms with Crippen LogP contribution in [0.15, 0.2) is 30.3 Å². The van der Waals surface area contributed by atoms with Gasteiger partial charge in [-0.25, -0.2) is 4.79 Å². The lowest BCUT2D eigenvalue weighted by molar-refractivity contribution is -0.123. The zero-order chi connectivity index (χ0) is 18.7. The van der Waals surface area contributed by atoms with Crippen molar-refractivity contribution in [2.45, 2.75) is 39.2 Å². The van der Waals surface area contributed by atoms with Gasteiger partial charge in [-0.3, -0.25) is 9.59 Å². The van der Waals surface area contributed by atoms with Crippen LogP contribution in [0, 0.1) is 0 Å². The molecule has 1 heterocycles. The SMILES string of the molecule is CC(=O)Nc1ccc(NC(=O)C(C)OC(=O)c2cc3c(s2)CCC3)cc1.